The SMILES string of the molecule is CCn1c2c(c3cc(C(=O)O)ccc31)CCCC2C. The molecule has 1 aromatic heterocycles. The Morgan fingerprint density at radius 2 is 2.26 bits per heavy atom. The minimum atomic E-state index is -0.844. The van der Waals surface area contributed by atoms with Crippen LogP contribution in [-0.4, -0.2) is 15.6 Å². The van der Waals surface area contributed by atoms with Crippen molar-refractivity contribution in [2.45, 2.75) is 45.6 Å². The smallest absolute Gasteiger partial charge is 0.335 e. The highest BCUT2D eigenvalue weighted by atomic mass is 16.4. The lowest BCUT2D eigenvalue weighted by Crippen LogP contribution is -2.11. The molecule has 1 heterocycles. The number of carboxylic acid groups (broad SMARTS) is 1. The predicted molar refractivity (Wildman–Crippen MR) is 75.9 cm³/mol. The quantitative estimate of drug-likeness (QED) is 0.889. The molecule has 100 valence electrons. The normalized spacial score (nSPS) is 18.5. The van der Waals surface area contributed by atoms with Gasteiger partial charge in [0.15, 0.2) is 0 Å². The molecule has 1 atom stereocenters. The maximum atomic E-state index is 11.1. The van der Waals surface area contributed by atoms with Crippen LogP contribution in [0.1, 0.15) is 54.2 Å². The molecule has 0 spiro atoms. The zero-order valence-corrected chi connectivity index (χ0v) is 11.4. The van der Waals surface area contributed by atoms with Gasteiger partial charge >= 0.3 is 5.97 Å². The van der Waals surface area contributed by atoms with Crippen molar-refractivity contribution in [2.75, 3.05) is 0 Å². The van der Waals surface area contributed by atoms with Gasteiger partial charge in [0.1, 0.15) is 0 Å². The summed E-state index contributed by atoms with van der Waals surface area (Å²) in [7, 11) is 0. The number of aromatic nitrogens is 1. The van der Waals surface area contributed by atoms with Gasteiger partial charge in [-0.15, -0.1) is 0 Å². The second-order valence-corrected chi connectivity index (χ2v) is 5.44. The average molecular weight is 257 g/mol. The summed E-state index contributed by atoms with van der Waals surface area (Å²) in [5, 5.41) is 10.3. The maximum absolute atomic E-state index is 11.1. The summed E-state index contributed by atoms with van der Waals surface area (Å²) in [6.07, 6.45) is 3.51. The summed E-state index contributed by atoms with van der Waals surface area (Å²) in [5.41, 5.74) is 4.37. The monoisotopic (exact) mass is 257 g/mol. The lowest BCUT2D eigenvalue weighted by Gasteiger charge is -2.21. The van der Waals surface area contributed by atoms with Crippen LogP contribution in [0.5, 0.6) is 0 Å². The third-order valence-electron chi connectivity index (χ3n) is 4.31. The first-order valence-electron chi connectivity index (χ1n) is 7.01. The van der Waals surface area contributed by atoms with E-state index in [4.69, 9.17) is 5.11 Å². The highest BCUT2D eigenvalue weighted by Gasteiger charge is 2.24. The van der Waals surface area contributed by atoms with Gasteiger partial charge < -0.3 is 9.67 Å². The van der Waals surface area contributed by atoms with Gasteiger partial charge in [-0.3, -0.25) is 0 Å². The molecule has 3 heteroatoms. The van der Waals surface area contributed by atoms with E-state index in [1.165, 1.54) is 29.6 Å². The van der Waals surface area contributed by atoms with E-state index in [0.717, 1.165) is 18.4 Å². The number of hydrogen-bond donors (Lipinski definition) is 1. The van der Waals surface area contributed by atoms with Crippen LogP contribution in [-0.2, 0) is 13.0 Å². The molecule has 19 heavy (non-hydrogen) atoms. The van der Waals surface area contributed by atoms with Gasteiger partial charge in [0.2, 0.25) is 0 Å². The number of aromatic carboxylic acids is 1. The third-order valence-corrected chi connectivity index (χ3v) is 4.31. The number of rotatable bonds is 2. The largest absolute Gasteiger partial charge is 0.478 e. The first-order valence-corrected chi connectivity index (χ1v) is 7.01. The second-order valence-electron chi connectivity index (χ2n) is 5.44. The molecule has 1 unspecified atom stereocenters. The summed E-state index contributed by atoms with van der Waals surface area (Å²) in [6, 6.07) is 5.53. The Kier molecular flexibility index (Phi) is 2.85. The predicted octanol–water partition coefficient (Wildman–Crippen LogP) is 3.80. The zero-order chi connectivity index (χ0) is 13.6. The van der Waals surface area contributed by atoms with Crippen molar-refractivity contribution in [3.05, 3.63) is 35.0 Å². The highest BCUT2D eigenvalue weighted by molar-refractivity contribution is 5.95. The number of fused-ring (bicyclic) bond motifs is 3. The Hall–Kier alpha value is -1.77. The van der Waals surface area contributed by atoms with Crippen molar-refractivity contribution in [1.29, 1.82) is 0 Å². The fourth-order valence-electron chi connectivity index (χ4n) is 3.47. The molecule has 1 aliphatic rings. The molecular formula is C16H19NO2. The number of nitrogens with zero attached hydrogens (tertiary/aromatic N) is 1. The van der Waals surface area contributed by atoms with Crippen LogP contribution in [0.2, 0.25) is 0 Å². The van der Waals surface area contributed by atoms with Crippen LogP contribution >= 0.6 is 0 Å². The van der Waals surface area contributed by atoms with E-state index in [1.807, 2.05) is 12.1 Å². The summed E-state index contributed by atoms with van der Waals surface area (Å²) in [5.74, 6) is -0.270. The molecule has 0 bridgehead atoms. The summed E-state index contributed by atoms with van der Waals surface area (Å²) < 4.78 is 2.36. The Morgan fingerprint density at radius 3 is 2.95 bits per heavy atom. The maximum Gasteiger partial charge on any atom is 0.335 e. The fraction of sp³-hybridized carbons (Fsp3) is 0.438. The van der Waals surface area contributed by atoms with E-state index < -0.39 is 5.97 Å². The van der Waals surface area contributed by atoms with Crippen molar-refractivity contribution in [2.24, 2.45) is 0 Å². The number of benzene rings is 1. The van der Waals surface area contributed by atoms with Crippen LogP contribution in [0, 0.1) is 0 Å². The number of carbonyl (C=O) groups is 1. The molecule has 1 aliphatic carbocycles. The summed E-state index contributed by atoms with van der Waals surface area (Å²) >= 11 is 0. The van der Waals surface area contributed by atoms with Crippen molar-refractivity contribution < 1.29 is 9.90 Å². The topological polar surface area (TPSA) is 42.2 Å². The van der Waals surface area contributed by atoms with Crippen LogP contribution < -0.4 is 0 Å². The third kappa shape index (κ3) is 1.76. The Labute approximate surface area is 112 Å². The van der Waals surface area contributed by atoms with Gasteiger partial charge in [0.25, 0.3) is 0 Å². The van der Waals surface area contributed by atoms with Gasteiger partial charge in [-0.25, -0.2) is 4.79 Å². The molecule has 0 saturated carbocycles. The molecule has 1 N–H and O–H groups in total. The van der Waals surface area contributed by atoms with Gasteiger partial charge in [-0.2, -0.15) is 0 Å². The molecular weight excluding hydrogens is 238 g/mol. The first-order chi connectivity index (χ1) is 9.13. The van der Waals surface area contributed by atoms with Crippen molar-refractivity contribution >= 4 is 16.9 Å². The average Bonchev–Trinajstić information content (AvgIpc) is 2.73. The molecule has 3 nitrogen and oxygen atoms in total. The van der Waals surface area contributed by atoms with Crippen molar-refractivity contribution in [3.63, 3.8) is 0 Å². The molecule has 0 fully saturated rings. The van der Waals surface area contributed by atoms with E-state index in [2.05, 4.69) is 18.4 Å². The minimum Gasteiger partial charge on any atom is -0.478 e. The minimum absolute atomic E-state index is 0.391. The molecule has 0 saturated heterocycles. The number of hydrogen-bond acceptors (Lipinski definition) is 1. The van der Waals surface area contributed by atoms with E-state index in [0.29, 0.717) is 11.5 Å². The number of carboxylic acids is 1. The zero-order valence-electron chi connectivity index (χ0n) is 11.4. The van der Waals surface area contributed by atoms with E-state index in [1.54, 1.807) is 6.07 Å². The van der Waals surface area contributed by atoms with Crippen LogP contribution in [0.15, 0.2) is 18.2 Å². The lowest BCUT2D eigenvalue weighted by molar-refractivity contribution is 0.0697. The number of aryl methyl sites for hydroxylation is 2. The molecule has 0 amide bonds. The molecule has 2 aromatic rings. The lowest BCUT2D eigenvalue weighted by atomic mass is 9.88. The highest BCUT2D eigenvalue weighted by Crippen LogP contribution is 2.38. The Morgan fingerprint density at radius 1 is 1.47 bits per heavy atom. The molecule has 0 radical (unpaired) electrons. The second kappa shape index (κ2) is 4.41. The van der Waals surface area contributed by atoms with Gasteiger partial charge in [0, 0.05) is 23.1 Å². The molecule has 3 rings (SSSR count). The van der Waals surface area contributed by atoms with Gasteiger partial charge in [0.05, 0.1) is 5.56 Å². The summed E-state index contributed by atoms with van der Waals surface area (Å²) in [6.45, 7) is 5.38. The van der Waals surface area contributed by atoms with Crippen molar-refractivity contribution in [1.82, 2.24) is 4.57 Å². The van der Waals surface area contributed by atoms with Crippen molar-refractivity contribution in [3.8, 4) is 0 Å². The fourth-order valence-corrected chi connectivity index (χ4v) is 3.47. The van der Waals surface area contributed by atoms with Crippen LogP contribution in [0.4, 0.5) is 0 Å². The van der Waals surface area contributed by atoms with Gasteiger partial charge in [-0.05, 0) is 55.9 Å². The Bertz CT molecular complexity index is 654. The van der Waals surface area contributed by atoms with E-state index in [-0.39, 0.29) is 0 Å². The first kappa shape index (κ1) is 12.3. The Balaban J connectivity index is 2.33. The van der Waals surface area contributed by atoms with Crippen LogP contribution in [0.25, 0.3) is 10.9 Å². The molecule has 1 aromatic carbocycles. The molecule has 0 aliphatic heterocycles. The summed E-state index contributed by atoms with van der Waals surface area (Å²) in [4.78, 5) is 11.1. The van der Waals surface area contributed by atoms with Crippen LogP contribution in [0.3, 0.4) is 0 Å². The van der Waals surface area contributed by atoms with E-state index in [9.17, 15) is 4.79 Å². The standard InChI is InChI=1S/C16H19NO2/c1-3-17-14-8-7-11(16(18)19)9-13(14)12-6-4-5-10(2)15(12)17/h7-10H,3-6H2,1-2H3,(H,18,19). The van der Waals surface area contributed by atoms with Gasteiger partial charge in [-0.1, -0.05) is 6.92 Å². The van der Waals surface area contributed by atoms with E-state index >= 15 is 0 Å².